The molecular weight excluding hydrogens is 390 g/mol. The van der Waals surface area contributed by atoms with Crippen molar-refractivity contribution in [2.75, 3.05) is 10.6 Å². The van der Waals surface area contributed by atoms with E-state index in [1.54, 1.807) is 18.2 Å². The Morgan fingerprint density at radius 1 is 0.968 bits per heavy atom. The Bertz CT molecular complexity index is 1200. The summed E-state index contributed by atoms with van der Waals surface area (Å²) in [4.78, 5) is 14.0. The third-order valence-corrected chi connectivity index (χ3v) is 5.54. The molecule has 4 aromatic rings. The van der Waals surface area contributed by atoms with Gasteiger partial charge in [0.25, 0.3) is 0 Å². The number of benzene rings is 3. The van der Waals surface area contributed by atoms with Crippen LogP contribution >= 0.6 is 0 Å². The number of carbonyl (C=O) groups is 1. The van der Waals surface area contributed by atoms with Crippen molar-refractivity contribution in [2.24, 2.45) is 0 Å². The number of rotatable bonds is 5. The lowest BCUT2D eigenvalue weighted by atomic mass is 9.81. The molecular formula is C24H25N5O2. The van der Waals surface area contributed by atoms with Crippen LogP contribution in [0.25, 0.3) is 16.7 Å². The number of amides is 2. The Kier molecular flexibility index (Phi) is 5.33. The summed E-state index contributed by atoms with van der Waals surface area (Å²) in [5.74, 6) is -0.0980. The maximum Gasteiger partial charge on any atom is 0.323 e. The predicted octanol–water partition coefficient (Wildman–Crippen LogP) is 5.46. The molecule has 4 rings (SSSR count). The molecule has 7 heteroatoms. The van der Waals surface area contributed by atoms with Gasteiger partial charge in [0.05, 0.1) is 5.69 Å². The second-order valence-electron chi connectivity index (χ2n) is 8.05. The number of aromatic nitrogens is 3. The molecule has 1 aromatic heterocycles. The van der Waals surface area contributed by atoms with Crippen molar-refractivity contribution in [1.29, 1.82) is 0 Å². The van der Waals surface area contributed by atoms with Crippen molar-refractivity contribution >= 4 is 28.4 Å². The summed E-state index contributed by atoms with van der Waals surface area (Å²) in [5.41, 5.74) is 3.58. The van der Waals surface area contributed by atoms with Gasteiger partial charge in [-0.3, -0.25) is 0 Å². The zero-order chi connectivity index (χ0) is 22.0. The van der Waals surface area contributed by atoms with E-state index in [4.69, 9.17) is 0 Å². The first-order valence-corrected chi connectivity index (χ1v) is 10.2. The quantitative estimate of drug-likeness (QED) is 0.378. The zero-order valence-electron chi connectivity index (χ0n) is 17.8. The van der Waals surface area contributed by atoms with Gasteiger partial charge in [-0.15, -0.1) is 15.0 Å². The Balaban J connectivity index is 1.76. The van der Waals surface area contributed by atoms with E-state index in [-0.39, 0.29) is 11.2 Å². The number of para-hydroxylation sites is 1. The lowest BCUT2D eigenvalue weighted by Gasteiger charge is -2.25. The normalized spacial score (nSPS) is 11.5. The Morgan fingerprint density at radius 3 is 2.19 bits per heavy atom. The molecule has 0 saturated carbocycles. The van der Waals surface area contributed by atoms with Crippen molar-refractivity contribution in [3.63, 3.8) is 0 Å². The minimum atomic E-state index is -0.447. The van der Waals surface area contributed by atoms with E-state index in [1.165, 1.54) is 4.80 Å². The van der Waals surface area contributed by atoms with Gasteiger partial charge in [0, 0.05) is 5.69 Å². The van der Waals surface area contributed by atoms with E-state index in [9.17, 15) is 9.90 Å². The van der Waals surface area contributed by atoms with E-state index in [1.807, 2.05) is 48.5 Å². The van der Waals surface area contributed by atoms with Crippen LogP contribution in [-0.2, 0) is 5.41 Å². The number of phenolic OH excluding ortho intramolecular Hbond substituents is 1. The van der Waals surface area contributed by atoms with Crippen molar-refractivity contribution in [2.45, 2.75) is 32.6 Å². The van der Waals surface area contributed by atoms with E-state index >= 15 is 0 Å². The van der Waals surface area contributed by atoms with Gasteiger partial charge >= 0.3 is 6.03 Å². The molecule has 0 spiro atoms. The number of hydrogen-bond donors (Lipinski definition) is 3. The molecule has 31 heavy (non-hydrogen) atoms. The number of aromatic hydroxyl groups is 1. The van der Waals surface area contributed by atoms with Gasteiger partial charge in [0.15, 0.2) is 5.75 Å². The highest BCUT2D eigenvalue weighted by molar-refractivity contribution is 6.01. The Hall–Kier alpha value is -3.87. The van der Waals surface area contributed by atoms with Crippen molar-refractivity contribution < 1.29 is 9.90 Å². The minimum absolute atomic E-state index is 0.0980. The first-order chi connectivity index (χ1) is 14.9. The van der Waals surface area contributed by atoms with Crippen LogP contribution in [0.3, 0.4) is 0 Å². The van der Waals surface area contributed by atoms with Crippen LogP contribution in [0.2, 0.25) is 0 Å². The average molecular weight is 415 g/mol. The fourth-order valence-corrected chi connectivity index (χ4v) is 3.24. The number of hydrogen-bond acceptors (Lipinski definition) is 4. The molecule has 0 aliphatic rings. The Labute approximate surface area is 180 Å². The number of fused-ring (bicyclic) bond motifs is 1. The summed E-state index contributed by atoms with van der Waals surface area (Å²) < 4.78 is 0. The summed E-state index contributed by atoms with van der Waals surface area (Å²) >= 11 is 0. The second kappa shape index (κ2) is 8.10. The Morgan fingerprint density at radius 2 is 1.58 bits per heavy atom. The molecule has 3 aromatic carbocycles. The van der Waals surface area contributed by atoms with Crippen molar-refractivity contribution in [3.05, 3.63) is 72.3 Å². The summed E-state index contributed by atoms with van der Waals surface area (Å²) in [6.45, 7) is 6.33. The van der Waals surface area contributed by atoms with Crippen LogP contribution in [0.15, 0.2) is 66.7 Å². The lowest BCUT2D eigenvalue weighted by molar-refractivity contribution is 0.262. The minimum Gasteiger partial charge on any atom is -0.504 e. The predicted molar refractivity (Wildman–Crippen MR) is 123 cm³/mol. The molecule has 158 valence electrons. The van der Waals surface area contributed by atoms with Crippen LogP contribution < -0.4 is 10.6 Å². The molecule has 3 N–H and O–H groups in total. The van der Waals surface area contributed by atoms with Gasteiger partial charge in [0.2, 0.25) is 0 Å². The zero-order valence-corrected chi connectivity index (χ0v) is 17.8. The number of carbonyl (C=O) groups excluding carboxylic acids is 1. The summed E-state index contributed by atoms with van der Waals surface area (Å²) in [5, 5.41) is 25.5. The van der Waals surface area contributed by atoms with Crippen LogP contribution in [0.4, 0.5) is 16.2 Å². The van der Waals surface area contributed by atoms with Crippen LogP contribution in [-0.4, -0.2) is 26.1 Å². The standard InChI is InChI=1S/C24H25N5O2/c1-4-24(2,3)16-14-20(26-23(31)25-17-10-6-5-7-11-17)22(30)21(15-16)29-27-18-12-8-9-13-19(18)28-29/h5-15,30H,4H2,1-3H3,(H2,25,26,31). The van der Waals surface area contributed by atoms with E-state index in [0.29, 0.717) is 17.1 Å². The largest absolute Gasteiger partial charge is 0.504 e. The molecule has 7 nitrogen and oxygen atoms in total. The van der Waals surface area contributed by atoms with Crippen molar-refractivity contribution in [3.8, 4) is 11.4 Å². The summed E-state index contributed by atoms with van der Waals surface area (Å²) in [6, 6.07) is 19.9. The van der Waals surface area contributed by atoms with Gasteiger partial charge in [0.1, 0.15) is 16.7 Å². The highest BCUT2D eigenvalue weighted by Crippen LogP contribution is 2.38. The molecule has 0 radical (unpaired) electrons. The fraction of sp³-hybridized carbons (Fsp3) is 0.208. The average Bonchev–Trinajstić information content (AvgIpc) is 3.19. The summed E-state index contributed by atoms with van der Waals surface area (Å²) in [6.07, 6.45) is 0.876. The SMILES string of the molecule is CCC(C)(C)c1cc(NC(=O)Nc2ccccc2)c(O)c(-n2nc3ccccc3n2)c1. The fourth-order valence-electron chi connectivity index (χ4n) is 3.24. The first kappa shape index (κ1) is 20.4. The monoisotopic (exact) mass is 415 g/mol. The van der Waals surface area contributed by atoms with Gasteiger partial charge in [-0.25, -0.2) is 4.79 Å². The number of nitrogens with one attached hydrogen (secondary N) is 2. The molecule has 2 amide bonds. The highest BCUT2D eigenvalue weighted by Gasteiger charge is 2.24. The molecule has 0 atom stereocenters. The number of anilines is 2. The van der Waals surface area contributed by atoms with Gasteiger partial charge in [-0.05, 0) is 53.8 Å². The lowest BCUT2D eigenvalue weighted by Crippen LogP contribution is -2.21. The van der Waals surface area contributed by atoms with Gasteiger partial charge < -0.3 is 15.7 Å². The number of urea groups is 1. The third-order valence-electron chi connectivity index (χ3n) is 5.54. The first-order valence-electron chi connectivity index (χ1n) is 10.2. The van der Waals surface area contributed by atoms with Gasteiger partial charge in [-0.1, -0.05) is 51.1 Å². The molecule has 0 unspecified atom stereocenters. The maximum absolute atomic E-state index is 12.6. The molecule has 0 bridgehead atoms. The molecule has 0 saturated heterocycles. The second-order valence-corrected chi connectivity index (χ2v) is 8.05. The molecule has 0 aliphatic heterocycles. The van der Waals surface area contributed by atoms with E-state index in [0.717, 1.165) is 23.0 Å². The van der Waals surface area contributed by atoms with Crippen LogP contribution in [0, 0.1) is 0 Å². The smallest absolute Gasteiger partial charge is 0.323 e. The topological polar surface area (TPSA) is 92.1 Å². The number of phenols is 1. The van der Waals surface area contributed by atoms with E-state index < -0.39 is 6.03 Å². The number of nitrogens with zero attached hydrogens (tertiary/aromatic N) is 3. The third kappa shape index (κ3) is 4.21. The van der Waals surface area contributed by atoms with Crippen molar-refractivity contribution in [1.82, 2.24) is 15.0 Å². The summed E-state index contributed by atoms with van der Waals surface area (Å²) in [7, 11) is 0. The highest BCUT2D eigenvalue weighted by atomic mass is 16.3. The van der Waals surface area contributed by atoms with E-state index in [2.05, 4.69) is 41.6 Å². The van der Waals surface area contributed by atoms with Crippen LogP contribution in [0.1, 0.15) is 32.8 Å². The molecule has 0 fully saturated rings. The van der Waals surface area contributed by atoms with Gasteiger partial charge in [-0.2, -0.15) is 0 Å². The molecule has 1 heterocycles. The van der Waals surface area contributed by atoms with Crippen LogP contribution in [0.5, 0.6) is 5.75 Å². The molecule has 0 aliphatic carbocycles. The maximum atomic E-state index is 12.6.